The Kier molecular flexibility index (Phi) is 5.09. The maximum atomic E-state index is 12.1. The van der Waals surface area contributed by atoms with E-state index in [9.17, 15) is 9.59 Å². The van der Waals surface area contributed by atoms with Gasteiger partial charge in [0, 0.05) is 13.1 Å². The number of aliphatic carboxylic acids is 1. The molecule has 1 fully saturated rings. The first-order chi connectivity index (χ1) is 9.66. The third kappa shape index (κ3) is 4.04. The molecule has 108 valence electrons. The monoisotopic (exact) mass is 278 g/mol. The Morgan fingerprint density at radius 1 is 1.40 bits per heavy atom. The summed E-state index contributed by atoms with van der Waals surface area (Å²) in [7, 11) is 0. The number of morpholine rings is 1. The van der Waals surface area contributed by atoms with E-state index in [4.69, 9.17) is 9.84 Å². The van der Waals surface area contributed by atoms with Crippen LogP contribution in [0.2, 0.25) is 0 Å². The minimum absolute atomic E-state index is 0.157. The third-order valence-electron chi connectivity index (χ3n) is 3.12. The highest BCUT2D eigenvalue weighted by molar-refractivity contribution is 5.82. The highest BCUT2D eigenvalue weighted by Gasteiger charge is 2.25. The topological polar surface area (TPSA) is 87.7 Å². The summed E-state index contributed by atoms with van der Waals surface area (Å²) in [5.74, 6) is -1.24. The van der Waals surface area contributed by atoms with Crippen molar-refractivity contribution in [2.75, 3.05) is 19.7 Å². The second-order valence-corrected chi connectivity index (χ2v) is 4.63. The molecule has 3 N–H and O–H groups in total. The summed E-state index contributed by atoms with van der Waals surface area (Å²) in [5, 5.41) is 14.8. The van der Waals surface area contributed by atoms with Crippen molar-refractivity contribution in [1.82, 2.24) is 10.6 Å². The number of carboxylic acids is 1. The maximum Gasteiger partial charge on any atom is 0.305 e. The van der Waals surface area contributed by atoms with Crippen LogP contribution in [-0.4, -0.2) is 42.8 Å². The predicted molar refractivity (Wildman–Crippen MR) is 72.2 cm³/mol. The van der Waals surface area contributed by atoms with E-state index < -0.39 is 18.1 Å². The highest BCUT2D eigenvalue weighted by Crippen LogP contribution is 2.17. The molecule has 0 bridgehead atoms. The number of rotatable bonds is 5. The van der Waals surface area contributed by atoms with E-state index in [2.05, 4.69) is 10.6 Å². The number of amides is 1. The van der Waals surface area contributed by atoms with E-state index in [0.29, 0.717) is 13.2 Å². The summed E-state index contributed by atoms with van der Waals surface area (Å²) in [6, 6.07) is 8.52. The van der Waals surface area contributed by atoms with E-state index >= 15 is 0 Å². The molecule has 1 saturated heterocycles. The normalized spacial score (nSPS) is 20.1. The molecule has 1 amide bonds. The van der Waals surface area contributed by atoms with Crippen molar-refractivity contribution >= 4 is 11.9 Å². The zero-order valence-electron chi connectivity index (χ0n) is 11.0. The molecule has 20 heavy (non-hydrogen) atoms. The number of carbonyl (C=O) groups excluding carboxylic acids is 1. The van der Waals surface area contributed by atoms with Gasteiger partial charge in [-0.25, -0.2) is 0 Å². The van der Waals surface area contributed by atoms with Gasteiger partial charge in [-0.1, -0.05) is 30.3 Å². The summed E-state index contributed by atoms with van der Waals surface area (Å²) in [4.78, 5) is 23.0. The first kappa shape index (κ1) is 14.5. The molecule has 1 aromatic carbocycles. The lowest BCUT2D eigenvalue weighted by Gasteiger charge is -2.25. The number of benzene rings is 1. The van der Waals surface area contributed by atoms with E-state index in [1.165, 1.54) is 0 Å². The number of hydrogen-bond donors (Lipinski definition) is 3. The number of carboxylic acid groups (broad SMARTS) is 1. The maximum absolute atomic E-state index is 12.1. The molecule has 6 heteroatoms. The summed E-state index contributed by atoms with van der Waals surface area (Å²) < 4.78 is 5.36. The largest absolute Gasteiger partial charge is 0.481 e. The molecule has 2 rings (SSSR count). The van der Waals surface area contributed by atoms with Crippen LogP contribution in [0.5, 0.6) is 0 Å². The Balaban J connectivity index is 2.03. The van der Waals surface area contributed by atoms with Gasteiger partial charge in [0.15, 0.2) is 0 Å². The fraction of sp³-hybridized carbons (Fsp3) is 0.429. The fourth-order valence-electron chi connectivity index (χ4n) is 2.11. The van der Waals surface area contributed by atoms with Crippen molar-refractivity contribution in [3.05, 3.63) is 35.9 Å². The molecule has 0 aromatic heterocycles. The Hall–Kier alpha value is -1.92. The Bertz CT molecular complexity index is 458. The van der Waals surface area contributed by atoms with E-state index in [1.54, 1.807) is 12.1 Å². The van der Waals surface area contributed by atoms with Gasteiger partial charge < -0.3 is 20.5 Å². The Morgan fingerprint density at radius 2 is 2.15 bits per heavy atom. The fourth-order valence-corrected chi connectivity index (χ4v) is 2.11. The second kappa shape index (κ2) is 7.02. The highest BCUT2D eigenvalue weighted by atomic mass is 16.5. The van der Waals surface area contributed by atoms with Gasteiger partial charge in [0.05, 0.1) is 19.1 Å². The SMILES string of the molecule is O=C(O)CC(NC(=O)C1CNCCO1)c1ccccc1. The van der Waals surface area contributed by atoms with Gasteiger partial charge in [0.1, 0.15) is 6.10 Å². The summed E-state index contributed by atoms with van der Waals surface area (Å²) in [6.45, 7) is 1.65. The van der Waals surface area contributed by atoms with E-state index in [0.717, 1.165) is 12.1 Å². The molecular formula is C14H18N2O4. The van der Waals surface area contributed by atoms with Crippen LogP contribution < -0.4 is 10.6 Å². The van der Waals surface area contributed by atoms with Gasteiger partial charge in [0.25, 0.3) is 5.91 Å². The molecule has 0 saturated carbocycles. The lowest BCUT2D eigenvalue weighted by Crippen LogP contribution is -2.48. The first-order valence-corrected chi connectivity index (χ1v) is 6.56. The average Bonchev–Trinajstić information content (AvgIpc) is 2.48. The molecule has 0 radical (unpaired) electrons. The molecular weight excluding hydrogens is 260 g/mol. The lowest BCUT2D eigenvalue weighted by molar-refractivity contribution is -0.139. The molecule has 2 atom stereocenters. The summed E-state index contributed by atoms with van der Waals surface area (Å²) in [6.07, 6.45) is -0.723. The van der Waals surface area contributed by atoms with Crippen molar-refractivity contribution in [3.8, 4) is 0 Å². The first-order valence-electron chi connectivity index (χ1n) is 6.56. The molecule has 1 aromatic rings. The molecule has 1 heterocycles. The van der Waals surface area contributed by atoms with Crippen molar-refractivity contribution in [2.24, 2.45) is 0 Å². The molecule has 0 aliphatic carbocycles. The molecule has 6 nitrogen and oxygen atoms in total. The third-order valence-corrected chi connectivity index (χ3v) is 3.12. The van der Waals surface area contributed by atoms with Crippen LogP contribution in [0, 0.1) is 0 Å². The van der Waals surface area contributed by atoms with Gasteiger partial charge in [-0.3, -0.25) is 9.59 Å². The van der Waals surface area contributed by atoms with Crippen molar-refractivity contribution in [3.63, 3.8) is 0 Å². The second-order valence-electron chi connectivity index (χ2n) is 4.63. The van der Waals surface area contributed by atoms with Gasteiger partial charge in [-0.05, 0) is 5.56 Å². The number of hydrogen-bond acceptors (Lipinski definition) is 4. The number of nitrogens with one attached hydrogen (secondary N) is 2. The van der Waals surface area contributed by atoms with Crippen LogP contribution in [-0.2, 0) is 14.3 Å². The van der Waals surface area contributed by atoms with Crippen LogP contribution in [0.4, 0.5) is 0 Å². The van der Waals surface area contributed by atoms with Crippen LogP contribution in [0.1, 0.15) is 18.0 Å². The van der Waals surface area contributed by atoms with Crippen LogP contribution in [0.3, 0.4) is 0 Å². The number of ether oxygens (including phenoxy) is 1. The van der Waals surface area contributed by atoms with Crippen LogP contribution >= 0.6 is 0 Å². The minimum atomic E-state index is -0.957. The van der Waals surface area contributed by atoms with E-state index in [1.807, 2.05) is 18.2 Å². The predicted octanol–water partition coefficient (Wildman–Crippen LogP) is 0.307. The number of carbonyl (C=O) groups is 2. The van der Waals surface area contributed by atoms with E-state index in [-0.39, 0.29) is 12.3 Å². The van der Waals surface area contributed by atoms with Gasteiger partial charge >= 0.3 is 5.97 Å². The van der Waals surface area contributed by atoms with Crippen molar-refractivity contribution in [2.45, 2.75) is 18.6 Å². The standard InChI is InChI=1S/C14H18N2O4/c17-13(18)8-11(10-4-2-1-3-5-10)16-14(19)12-9-15-6-7-20-12/h1-5,11-12,15H,6-9H2,(H,16,19)(H,17,18). The smallest absolute Gasteiger partial charge is 0.305 e. The Morgan fingerprint density at radius 3 is 2.75 bits per heavy atom. The zero-order valence-corrected chi connectivity index (χ0v) is 11.0. The quantitative estimate of drug-likeness (QED) is 0.721. The van der Waals surface area contributed by atoms with Crippen molar-refractivity contribution in [1.29, 1.82) is 0 Å². The van der Waals surface area contributed by atoms with Crippen molar-refractivity contribution < 1.29 is 19.4 Å². The van der Waals surface area contributed by atoms with Gasteiger partial charge in [-0.2, -0.15) is 0 Å². The Labute approximate surface area is 117 Å². The summed E-state index contributed by atoms with van der Waals surface area (Å²) in [5.41, 5.74) is 0.770. The minimum Gasteiger partial charge on any atom is -0.481 e. The molecule has 2 unspecified atom stereocenters. The molecule has 1 aliphatic heterocycles. The average molecular weight is 278 g/mol. The van der Waals surface area contributed by atoms with Gasteiger partial charge in [-0.15, -0.1) is 0 Å². The zero-order chi connectivity index (χ0) is 14.4. The van der Waals surface area contributed by atoms with Crippen LogP contribution in [0.25, 0.3) is 0 Å². The molecule has 0 spiro atoms. The van der Waals surface area contributed by atoms with Gasteiger partial charge in [0.2, 0.25) is 0 Å². The lowest BCUT2D eigenvalue weighted by atomic mass is 10.0. The van der Waals surface area contributed by atoms with Crippen LogP contribution in [0.15, 0.2) is 30.3 Å². The molecule has 1 aliphatic rings. The summed E-state index contributed by atoms with van der Waals surface area (Å²) >= 11 is 0.